The zero-order chi connectivity index (χ0) is 20.6. The minimum absolute atomic E-state index is 0.118. The average molecular weight is 432 g/mol. The number of carbonyl (C=O) groups excluding carboxylic acids is 1. The molecule has 0 atom stereocenters. The van der Waals surface area contributed by atoms with Crippen molar-refractivity contribution in [2.24, 2.45) is 0 Å². The number of hydrogen-bond donors (Lipinski definition) is 3. The summed E-state index contributed by atoms with van der Waals surface area (Å²) in [5.41, 5.74) is 3.65. The Morgan fingerprint density at radius 3 is 2.69 bits per heavy atom. The minimum Gasteiger partial charge on any atom is -0.489 e. The van der Waals surface area contributed by atoms with Gasteiger partial charge in [0.05, 0.1) is 10.4 Å². The molecule has 7 nitrogen and oxygen atoms in total. The Morgan fingerprint density at radius 1 is 1.10 bits per heavy atom. The average Bonchev–Trinajstić information content (AvgIpc) is 3.20. The van der Waals surface area contributed by atoms with E-state index in [0.717, 1.165) is 11.1 Å². The molecule has 0 bridgehead atoms. The third-order valence-corrected chi connectivity index (χ3v) is 4.97. The van der Waals surface area contributed by atoms with Gasteiger partial charge in [-0.05, 0) is 35.4 Å². The maximum absolute atomic E-state index is 12.4. The molecule has 3 aromatic rings. The molecule has 29 heavy (non-hydrogen) atoms. The normalized spacial score (nSPS) is 10.4. The SMILES string of the molecule is O=C(O)NCCNC(=O)c1ncsc1-c1cccc(OCc2cccc(Cl)c2)c1. The van der Waals surface area contributed by atoms with Crippen molar-refractivity contribution in [1.82, 2.24) is 15.6 Å². The van der Waals surface area contributed by atoms with E-state index in [1.807, 2.05) is 42.5 Å². The molecule has 0 saturated carbocycles. The smallest absolute Gasteiger partial charge is 0.404 e. The number of halogens is 1. The number of amides is 2. The Hall–Kier alpha value is -3.10. The predicted molar refractivity (Wildman–Crippen MR) is 112 cm³/mol. The number of carbonyl (C=O) groups is 2. The van der Waals surface area contributed by atoms with Crippen molar-refractivity contribution in [1.29, 1.82) is 0 Å². The van der Waals surface area contributed by atoms with Gasteiger partial charge in [0.2, 0.25) is 0 Å². The summed E-state index contributed by atoms with van der Waals surface area (Å²) in [6.07, 6.45) is -1.14. The van der Waals surface area contributed by atoms with E-state index in [4.69, 9.17) is 21.4 Å². The van der Waals surface area contributed by atoms with E-state index in [1.54, 1.807) is 11.6 Å². The molecule has 0 spiro atoms. The molecule has 2 amide bonds. The maximum atomic E-state index is 12.4. The second kappa shape index (κ2) is 9.90. The number of thiazole rings is 1. The van der Waals surface area contributed by atoms with Crippen molar-refractivity contribution in [3.8, 4) is 16.2 Å². The molecule has 0 saturated heterocycles. The number of ether oxygens (including phenoxy) is 1. The van der Waals surface area contributed by atoms with E-state index in [9.17, 15) is 9.59 Å². The van der Waals surface area contributed by atoms with Crippen LogP contribution < -0.4 is 15.4 Å². The Kier molecular flexibility index (Phi) is 7.04. The van der Waals surface area contributed by atoms with Gasteiger partial charge in [-0.15, -0.1) is 11.3 Å². The number of nitrogens with one attached hydrogen (secondary N) is 2. The Bertz CT molecular complexity index is 1010. The summed E-state index contributed by atoms with van der Waals surface area (Å²) in [5, 5.41) is 14.1. The van der Waals surface area contributed by atoms with Crippen molar-refractivity contribution < 1.29 is 19.4 Å². The largest absolute Gasteiger partial charge is 0.489 e. The van der Waals surface area contributed by atoms with Gasteiger partial charge >= 0.3 is 6.09 Å². The molecule has 1 aromatic heterocycles. The zero-order valence-electron chi connectivity index (χ0n) is 15.2. The van der Waals surface area contributed by atoms with Crippen LogP contribution in [0.5, 0.6) is 5.75 Å². The molecule has 0 aliphatic heterocycles. The summed E-state index contributed by atoms with van der Waals surface area (Å²) in [7, 11) is 0. The lowest BCUT2D eigenvalue weighted by molar-refractivity contribution is 0.0949. The van der Waals surface area contributed by atoms with Gasteiger partial charge in [0.15, 0.2) is 0 Å². The summed E-state index contributed by atoms with van der Waals surface area (Å²) in [4.78, 5) is 27.7. The molecule has 0 aliphatic rings. The molecular weight excluding hydrogens is 414 g/mol. The van der Waals surface area contributed by atoms with Gasteiger partial charge in [-0.3, -0.25) is 4.79 Å². The van der Waals surface area contributed by atoms with Crippen LogP contribution in [0.2, 0.25) is 5.02 Å². The summed E-state index contributed by atoms with van der Waals surface area (Å²) >= 11 is 7.34. The highest BCUT2D eigenvalue weighted by Gasteiger charge is 2.16. The summed E-state index contributed by atoms with van der Waals surface area (Å²) < 4.78 is 5.85. The minimum atomic E-state index is -1.14. The fraction of sp³-hybridized carbons (Fsp3) is 0.150. The lowest BCUT2D eigenvalue weighted by atomic mass is 10.1. The van der Waals surface area contributed by atoms with Crippen molar-refractivity contribution in [2.75, 3.05) is 13.1 Å². The first kappa shape index (κ1) is 20.6. The lowest BCUT2D eigenvalue weighted by Gasteiger charge is -2.09. The first-order chi connectivity index (χ1) is 14.0. The Morgan fingerprint density at radius 2 is 1.90 bits per heavy atom. The number of benzene rings is 2. The van der Waals surface area contributed by atoms with Gasteiger partial charge in [-0.25, -0.2) is 9.78 Å². The molecule has 1 heterocycles. The highest BCUT2D eigenvalue weighted by molar-refractivity contribution is 7.13. The molecule has 2 aromatic carbocycles. The summed E-state index contributed by atoms with van der Waals surface area (Å²) in [5.74, 6) is 0.298. The molecule has 3 N–H and O–H groups in total. The van der Waals surface area contributed by atoms with Crippen molar-refractivity contribution in [3.63, 3.8) is 0 Å². The quantitative estimate of drug-likeness (QED) is 0.467. The monoisotopic (exact) mass is 431 g/mol. The van der Waals surface area contributed by atoms with E-state index in [0.29, 0.717) is 22.3 Å². The van der Waals surface area contributed by atoms with Crippen LogP contribution in [0.4, 0.5) is 4.79 Å². The number of nitrogens with zero attached hydrogens (tertiary/aromatic N) is 1. The van der Waals surface area contributed by atoms with Crippen LogP contribution in [0.15, 0.2) is 54.0 Å². The second-order valence-corrected chi connectivity index (χ2v) is 7.26. The van der Waals surface area contributed by atoms with Crippen molar-refractivity contribution in [3.05, 3.63) is 70.3 Å². The number of carboxylic acid groups (broad SMARTS) is 1. The first-order valence-corrected chi connectivity index (χ1v) is 9.95. The third-order valence-electron chi connectivity index (χ3n) is 3.86. The van der Waals surface area contributed by atoms with E-state index >= 15 is 0 Å². The van der Waals surface area contributed by atoms with Gasteiger partial charge in [-0.2, -0.15) is 0 Å². The third kappa shape index (κ3) is 5.94. The lowest BCUT2D eigenvalue weighted by Crippen LogP contribution is -2.34. The molecule has 0 fully saturated rings. The van der Waals surface area contributed by atoms with Gasteiger partial charge in [0.25, 0.3) is 5.91 Å². The van der Waals surface area contributed by atoms with E-state index in [2.05, 4.69) is 15.6 Å². The van der Waals surface area contributed by atoms with Crippen LogP contribution in [-0.4, -0.2) is 35.2 Å². The first-order valence-electron chi connectivity index (χ1n) is 8.69. The Labute approximate surface area is 176 Å². The van der Waals surface area contributed by atoms with E-state index in [1.165, 1.54) is 11.3 Å². The van der Waals surface area contributed by atoms with Crippen LogP contribution in [-0.2, 0) is 6.61 Å². The Balaban J connectivity index is 1.67. The summed E-state index contributed by atoms with van der Waals surface area (Å²) in [6.45, 7) is 0.662. The van der Waals surface area contributed by atoms with Crippen molar-refractivity contribution in [2.45, 2.75) is 6.61 Å². The van der Waals surface area contributed by atoms with E-state index < -0.39 is 6.09 Å². The fourth-order valence-corrected chi connectivity index (χ4v) is 3.56. The second-order valence-electron chi connectivity index (χ2n) is 5.96. The van der Waals surface area contributed by atoms with Crippen LogP contribution in [0.3, 0.4) is 0 Å². The standard InChI is InChI=1S/C20H18ClN3O4S/c21-15-5-1-3-13(9-15)11-28-16-6-2-4-14(10-16)18-17(24-12-29-18)19(25)22-7-8-23-20(26)27/h1-6,9-10,12,23H,7-8,11H2,(H,22,25)(H,26,27). The van der Waals surface area contributed by atoms with E-state index in [-0.39, 0.29) is 24.7 Å². The molecule has 0 aliphatic carbocycles. The molecule has 9 heteroatoms. The van der Waals surface area contributed by atoms with Crippen LogP contribution in [0.1, 0.15) is 16.1 Å². The van der Waals surface area contributed by atoms with Crippen LogP contribution in [0, 0.1) is 0 Å². The maximum Gasteiger partial charge on any atom is 0.404 e. The van der Waals surface area contributed by atoms with Crippen LogP contribution >= 0.6 is 22.9 Å². The fourth-order valence-electron chi connectivity index (χ4n) is 2.56. The molecule has 3 rings (SSSR count). The number of hydrogen-bond acceptors (Lipinski definition) is 5. The van der Waals surface area contributed by atoms with Gasteiger partial charge in [-0.1, -0.05) is 35.9 Å². The molecule has 150 valence electrons. The highest BCUT2D eigenvalue weighted by atomic mass is 35.5. The molecule has 0 radical (unpaired) electrons. The van der Waals surface area contributed by atoms with Crippen LogP contribution in [0.25, 0.3) is 10.4 Å². The number of rotatable bonds is 8. The topological polar surface area (TPSA) is 101 Å². The zero-order valence-corrected chi connectivity index (χ0v) is 16.8. The number of aromatic nitrogens is 1. The van der Waals surface area contributed by atoms with Gasteiger partial charge < -0.3 is 20.5 Å². The highest BCUT2D eigenvalue weighted by Crippen LogP contribution is 2.30. The van der Waals surface area contributed by atoms with Gasteiger partial charge in [0, 0.05) is 18.1 Å². The molecular formula is C20H18ClN3O4S. The predicted octanol–water partition coefficient (Wildman–Crippen LogP) is 4.04. The molecule has 0 unspecified atom stereocenters. The van der Waals surface area contributed by atoms with Gasteiger partial charge in [0.1, 0.15) is 18.1 Å². The van der Waals surface area contributed by atoms with Crippen molar-refractivity contribution >= 4 is 34.9 Å². The summed E-state index contributed by atoms with van der Waals surface area (Å²) in [6, 6.07) is 14.9.